The van der Waals surface area contributed by atoms with Crippen molar-refractivity contribution in [1.82, 2.24) is 9.21 Å². The molecule has 6 nitrogen and oxygen atoms in total. The molecule has 0 saturated carbocycles. The summed E-state index contributed by atoms with van der Waals surface area (Å²) in [6, 6.07) is 19.8. The standard InChI is InChI=1S/C31H33ClFN3O3S/c1-21-7-11-27(40(38,39)35-15-13-23(14-16-35)22-5-3-2-4-6-22)18-30(21)36-25-9-10-26(36)20-34(19-25)31(37)28-12-8-24(33)17-29(28)32/h2-8,11-12,17-18,23,25-26H,9-10,13-16,19-20H2,1H3. The van der Waals surface area contributed by atoms with Gasteiger partial charge in [-0.2, -0.15) is 4.31 Å². The molecule has 9 heteroatoms. The van der Waals surface area contributed by atoms with E-state index < -0.39 is 15.8 Å². The van der Waals surface area contributed by atoms with Gasteiger partial charge >= 0.3 is 0 Å². The molecule has 210 valence electrons. The van der Waals surface area contributed by atoms with E-state index in [0.717, 1.165) is 36.9 Å². The fourth-order valence-corrected chi connectivity index (χ4v) is 8.37. The summed E-state index contributed by atoms with van der Waals surface area (Å²) in [5, 5.41) is 0.112. The lowest BCUT2D eigenvalue weighted by Crippen LogP contribution is -2.55. The quantitative estimate of drug-likeness (QED) is 0.379. The molecule has 3 aromatic rings. The minimum absolute atomic E-state index is 0.0696. The van der Waals surface area contributed by atoms with Crippen LogP contribution in [0.25, 0.3) is 0 Å². The topological polar surface area (TPSA) is 60.9 Å². The number of rotatable bonds is 5. The summed E-state index contributed by atoms with van der Waals surface area (Å²) in [6.45, 7) is 4.03. The van der Waals surface area contributed by atoms with Gasteiger partial charge < -0.3 is 9.80 Å². The second-order valence-electron chi connectivity index (χ2n) is 11.2. The zero-order chi connectivity index (χ0) is 28.0. The van der Waals surface area contributed by atoms with Gasteiger partial charge in [0.05, 0.1) is 15.5 Å². The number of hydrogen-bond acceptors (Lipinski definition) is 4. The predicted molar refractivity (Wildman–Crippen MR) is 155 cm³/mol. The maximum atomic E-state index is 13.7. The average molecular weight is 582 g/mol. The van der Waals surface area contributed by atoms with Gasteiger partial charge in [-0.1, -0.05) is 48.0 Å². The summed E-state index contributed by atoms with van der Waals surface area (Å²) >= 11 is 6.18. The summed E-state index contributed by atoms with van der Waals surface area (Å²) in [4.78, 5) is 17.7. The second-order valence-corrected chi connectivity index (χ2v) is 13.5. The highest BCUT2D eigenvalue weighted by atomic mass is 35.5. The summed E-state index contributed by atoms with van der Waals surface area (Å²) in [5.41, 5.74) is 3.50. The van der Waals surface area contributed by atoms with Crippen molar-refractivity contribution in [2.45, 2.75) is 55.5 Å². The SMILES string of the molecule is Cc1ccc(S(=O)(=O)N2CCC(c3ccccc3)CC2)cc1N1C2CCC1CN(C(=O)c1ccc(F)cc1Cl)C2. The van der Waals surface area contributed by atoms with E-state index in [9.17, 15) is 17.6 Å². The van der Waals surface area contributed by atoms with Gasteiger partial charge in [0, 0.05) is 44.0 Å². The number of carbonyl (C=O) groups is 1. The molecular weight excluding hydrogens is 549 g/mol. The van der Waals surface area contributed by atoms with E-state index in [4.69, 9.17) is 11.6 Å². The third kappa shape index (κ3) is 5.01. The monoisotopic (exact) mass is 581 g/mol. The normalized spacial score (nSPS) is 22.1. The maximum absolute atomic E-state index is 13.7. The smallest absolute Gasteiger partial charge is 0.255 e. The molecule has 0 aliphatic carbocycles. The van der Waals surface area contributed by atoms with Crippen LogP contribution in [0.2, 0.25) is 5.02 Å². The third-order valence-electron chi connectivity index (χ3n) is 8.75. The highest BCUT2D eigenvalue weighted by Gasteiger charge is 2.43. The first-order chi connectivity index (χ1) is 19.2. The number of aryl methyl sites for hydroxylation is 1. The van der Waals surface area contributed by atoms with Crippen molar-refractivity contribution in [2.24, 2.45) is 0 Å². The van der Waals surface area contributed by atoms with Crippen molar-refractivity contribution in [1.29, 1.82) is 0 Å². The Morgan fingerprint density at radius 2 is 1.57 bits per heavy atom. The van der Waals surface area contributed by atoms with E-state index in [1.807, 2.05) is 37.3 Å². The van der Waals surface area contributed by atoms with Gasteiger partial charge in [-0.3, -0.25) is 4.79 Å². The lowest BCUT2D eigenvalue weighted by Gasteiger charge is -2.43. The fraction of sp³-hybridized carbons (Fsp3) is 0.387. The van der Waals surface area contributed by atoms with E-state index in [1.165, 1.54) is 23.8 Å². The van der Waals surface area contributed by atoms with Crippen LogP contribution in [0.4, 0.5) is 10.1 Å². The molecule has 0 N–H and O–H groups in total. The fourth-order valence-electron chi connectivity index (χ4n) is 6.63. The van der Waals surface area contributed by atoms with E-state index in [1.54, 1.807) is 15.3 Å². The highest BCUT2D eigenvalue weighted by molar-refractivity contribution is 7.89. The number of benzene rings is 3. The molecule has 3 aromatic carbocycles. The molecule has 3 aliphatic rings. The molecule has 2 atom stereocenters. The number of amides is 1. The van der Waals surface area contributed by atoms with Crippen molar-refractivity contribution in [2.75, 3.05) is 31.1 Å². The van der Waals surface area contributed by atoms with Crippen LogP contribution >= 0.6 is 11.6 Å². The van der Waals surface area contributed by atoms with Crippen LogP contribution in [0.1, 0.15) is 53.1 Å². The average Bonchev–Trinajstić information content (AvgIpc) is 3.21. The number of anilines is 1. The first-order valence-corrected chi connectivity index (χ1v) is 15.7. The van der Waals surface area contributed by atoms with Crippen LogP contribution in [0.5, 0.6) is 0 Å². The molecule has 3 saturated heterocycles. The van der Waals surface area contributed by atoms with Crippen LogP contribution in [-0.4, -0.2) is 61.8 Å². The van der Waals surface area contributed by atoms with E-state index in [-0.39, 0.29) is 23.0 Å². The van der Waals surface area contributed by atoms with Gasteiger partial charge in [-0.15, -0.1) is 0 Å². The zero-order valence-electron chi connectivity index (χ0n) is 22.5. The second kappa shape index (κ2) is 10.8. The number of halogens is 2. The van der Waals surface area contributed by atoms with Gasteiger partial charge in [-0.25, -0.2) is 12.8 Å². The Morgan fingerprint density at radius 3 is 2.23 bits per heavy atom. The van der Waals surface area contributed by atoms with Gasteiger partial charge in [-0.05, 0) is 80.0 Å². The number of piperazine rings is 1. The van der Waals surface area contributed by atoms with Gasteiger partial charge in [0.2, 0.25) is 10.0 Å². The molecular formula is C31H33ClFN3O3S. The lowest BCUT2D eigenvalue weighted by molar-refractivity contribution is 0.0718. The molecule has 3 fully saturated rings. The number of sulfonamides is 1. The Kier molecular flexibility index (Phi) is 7.36. The van der Waals surface area contributed by atoms with Crippen LogP contribution in [0.15, 0.2) is 71.6 Å². The minimum atomic E-state index is -3.63. The Morgan fingerprint density at radius 1 is 0.900 bits per heavy atom. The predicted octanol–water partition coefficient (Wildman–Crippen LogP) is 5.85. The molecule has 3 heterocycles. The Labute approximate surface area is 240 Å². The Bertz CT molecular complexity index is 1510. The molecule has 6 rings (SSSR count). The minimum Gasteiger partial charge on any atom is -0.362 e. The number of hydrogen-bond donors (Lipinski definition) is 0. The highest BCUT2D eigenvalue weighted by Crippen LogP contribution is 2.39. The van der Waals surface area contributed by atoms with Crippen molar-refractivity contribution in [3.05, 3.63) is 94.3 Å². The first kappa shape index (κ1) is 27.2. The summed E-state index contributed by atoms with van der Waals surface area (Å²) < 4.78 is 42.6. The van der Waals surface area contributed by atoms with Crippen LogP contribution < -0.4 is 4.90 Å². The van der Waals surface area contributed by atoms with Gasteiger partial charge in [0.1, 0.15) is 5.82 Å². The van der Waals surface area contributed by atoms with Crippen molar-refractivity contribution in [3.8, 4) is 0 Å². The molecule has 0 radical (unpaired) electrons. The molecule has 1 amide bonds. The molecule has 40 heavy (non-hydrogen) atoms. The Hall–Kier alpha value is -2.94. The van der Waals surface area contributed by atoms with Crippen LogP contribution in [-0.2, 0) is 10.0 Å². The Balaban J connectivity index is 1.19. The molecule has 0 aromatic heterocycles. The summed E-state index contributed by atoms with van der Waals surface area (Å²) in [6.07, 6.45) is 3.43. The molecule has 3 aliphatic heterocycles. The van der Waals surface area contributed by atoms with Crippen LogP contribution in [0.3, 0.4) is 0 Å². The maximum Gasteiger partial charge on any atom is 0.255 e. The summed E-state index contributed by atoms with van der Waals surface area (Å²) in [5.74, 6) is -0.300. The molecule has 2 bridgehead atoms. The molecule has 2 unspecified atom stereocenters. The summed E-state index contributed by atoms with van der Waals surface area (Å²) in [7, 11) is -3.63. The van der Waals surface area contributed by atoms with E-state index in [0.29, 0.717) is 42.6 Å². The number of likely N-dealkylation sites (tertiary alicyclic amines) is 1. The van der Waals surface area contributed by atoms with E-state index in [2.05, 4.69) is 17.0 Å². The number of carbonyl (C=O) groups excluding carboxylic acids is 1. The molecule has 0 spiro atoms. The van der Waals surface area contributed by atoms with Crippen molar-refractivity contribution in [3.63, 3.8) is 0 Å². The third-order valence-corrected chi connectivity index (χ3v) is 11.0. The number of fused-ring (bicyclic) bond motifs is 2. The van der Waals surface area contributed by atoms with Crippen LogP contribution in [0, 0.1) is 12.7 Å². The largest absolute Gasteiger partial charge is 0.362 e. The van der Waals surface area contributed by atoms with E-state index >= 15 is 0 Å². The van der Waals surface area contributed by atoms with Gasteiger partial charge in [0.15, 0.2) is 0 Å². The van der Waals surface area contributed by atoms with Gasteiger partial charge in [0.25, 0.3) is 5.91 Å². The zero-order valence-corrected chi connectivity index (χ0v) is 24.0. The lowest BCUT2D eigenvalue weighted by atomic mass is 9.90. The van der Waals surface area contributed by atoms with Crippen molar-refractivity contribution < 1.29 is 17.6 Å². The number of piperidine rings is 1. The first-order valence-electron chi connectivity index (χ1n) is 13.9. The van der Waals surface area contributed by atoms with Crippen molar-refractivity contribution >= 4 is 33.2 Å². The number of nitrogens with zero attached hydrogens (tertiary/aromatic N) is 3.